The summed E-state index contributed by atoms with van der Waals surface area (Å²) in [5.41, 5.74) is 1.94. The molecule has 0 saturated carbocycles. The molecule has 0 aliphatic carbocycles. The average Bonchev–Trinajstić information content (AvgIpc) is 2.64. The van der Waals surface area contributed by atoms with Crippen molar-refractivity contribution in [3.05, 3.63) is 29.8 Å². The molecule has 1 heterocycles. The fraction of sp³-hybridized carbons (Fsp3) is 0.647. The predicted octanol–water partition coefficient (Wildman–Crippen LogP) is 4.02. The molecule has 21 heavy (non-hydrogen) atoms. The van der Waals surface area contributed by atoms with Crippen molar-refractivity contribution in [3.8, 4) is 0 Å². The number of benzene rings is 1. The van der Waals surface area contributed by atoms with E-state index in [9.17, 15) is 0 Å². The lowest BCUT2D eigenvalue weighted by molar-refractivity contribution is 0.00578. The minimum atomic E-state index is -0.271. The highest BCUT2D eigenvalue weighted by atomic mass is 32.2. The van der Waals surface area contributed by atoms with Gasteiger partial charge in [-0.2, -0.15) is 11.8 Å². The second-order valence-electron chi connectivity index (χ2n) is 6.74. The van der Waals surface area contributed by atoms with Gasteiger partial charge in [-0.1, -0.05) is 37.6 Å². The standard InChI is InChI=1S/C17H27BO2S/c1-6-7-12-21-13-14-8-10-15(11-9-14)18-19-16(2,3)17(4,5)20-18/h8-11H,6-7,12-13H2,1-5H3. The molecular formula is C17H27BO2S. The fourth-order valence-electron chi connectivity index (χ4n) is 2.19. The highest BCUT2D eigenvalue weighted by Gasteiger charge is 2.51. The fourth-order valence-corrected chi connectivity index (χ4v) is 3.25. The van der Waals surface area contributed by atoms with Crippen LogP contribution in [-0.4, -0.2) is 24.1 Å². The molecular weight excluding hydrogens is 279 g/mol. The monoisotopic (exact) mass is 306 g/mol. The molecule has 4 heteroatoms. The third kappa shape index (κ3) is 4.05. The Labute approximate surface area is 134 Å². The summed E-state index contributed by atoms with van der Waals surface area (Å²) in [6.45, 7) is 10.6. The van der Waals surface area contributed by atoms with Crippen LogP contribution in [0.2, 0.25) is 0 Å². The Morgan fingerprint density at radius 3 is 2.10 bits per heavy atom. The van der Waals surface area contributed by atoms with Gasteiger partial charge in [0.05, 0.1) is 11.2 Å². The molecule has 0 bridgehead atoms. The van der Waals surface area contributed by atoms with Crippen molar-refractivity contribution < 1.29 is 9.31 Å². The van der Waals surface area contributed by atoms with Gasteiger partial charge in [-0.15, -0.1) is 0 Å². The summed E-state index contributed by atoms with van der Waals surface area (Å²) in [5.74, 6) is 2.33. The highest BCUT2D eigenvalue weighted by Crippen LogP contribution is 2.36. The zero-order valence-electron chi connectivity index (χ0n) is 13.9. The normalized spacial score (nSPS) is 20.0. The summed E-state index contributed by atoms with van der Waals surface area (Å²) < 4.78 is 12.2. The van der Waals surface area contributed by atoms with Gasteiger partial charge < -0.3 is 9.31 Å². The zero-order valence-corrected chi connectivity index (χ0v) is 14.8. The van der Waals surface area contributed by atoms with Crippen molar-refractivity contribution in [1.82, 2.24) is 0 Å². The lowest BCUT2D eigenvalue weighted by atomic mass is 9.79. The maximum absolute atomic E-state index is 6.08. The van der Waals surface area contributed by atoms with Crippen molar-refractivity contribution in [2.24, 2.45) is 0 Å². The van der Waals surface area contributed by atoms with Crippen molar-refractivity contribution in [2.75, 3.05) is 5.75 Å². The lowest BCUT2D eigenvalue weighted by Gasteiger charge is -2.32. The first-order valence-corrected chi connectivity index (χ1v) is 9.03. The topological polar surface area (TPSA) is 18.5 Å². The first-order valence-electron chi connectivity index (χ1n) is 7.88. The molecule has 0 radical (unpaired) electrons. The van der Waals surface area contributed by atoms with Crippen molar-refractivity contribution in [1.29, 1.82) is 0 Å². The summed E-state index contributed by atoms with van der Waals surface area (Å²) in [6.07, 6.45) is 2.57. The molecule has 1 aliphatic rings. The molecule has 0 spiro atoms. The van der Waals surface area contributed by atoms with Gasteiger partial charge in [0.25, 0.3) is 0 Å². The van der Waals surface area contributed by atoms with Crippen LogP contribution in [0.25, 0.3) is 0 Å². The highest BCUT2D eigenvalue weighted by molar-refractivity contribution is 7.98. The lowest BCUT2D eigenvalue weighted by Crippen LogP contribution is -2.41. The van der Waals surface area contributed by atoms with Crippen LogP contribution >= 0.6 is 11.8 Å². The first-order chi connectivity index (χ1) is 9.86. The molecule has 1 aromatic rings. The van der Waals surface area contributed by atoms with E-state index in [0.717, 1.165) is 11.2 Å². The van der Waals surface area contributed by atoms with E-state index in [0.29, 0.717) is 0 Å². The van der Waals surface area contributed by atoms with Gasteiger partial charge in [0.1, 0.15) is 0 Å². The molecule has 0 N–H and O–H groups in total. The van der Waals surface area contributed by atoms with Gasteiger partial charge in [-0.25, -0.2) is 0 Å². The third-order valence-electron chi connectivity index (χ3n) is 4.42. The van der Waals surface area contributed by atoms with Gasteiger partial charge in [-0.3, -0.25) is 0 Å². The van der Waals surface area contributed by atoms with Gasteiger partial charge in [0, 0.05) is 5.75 Å². The molecule has 2 nitrogen and oxygen atoms in total. The molecule has 0 atom stereocenters. The Bertz CT molecular complexity index is 440. The van der Waals surface area contributed by atoms with E-state index in [2.05, 4.69) is 58.9 Å². The van der Waals surface area contributed by atoms with Gasteiger partial charge in [-0.05, 0) is 50.9 Å². The van der Waals surface area contributed by atoms with E-state index in [1.54, 1.807) is 0 Å². The second kappa shape index (κ2) is 6.76. The number of unbranched alkanes of at least 4 members (excludes halogenated alkanes) is 1. The average molecular weight is 306 g/mol. The van der Waals surface area contributed by atoms with Crippen LogP contribution in [0.5, 0.6) is 0 Å². The predicted molar refractivity (Wildman–Crippen MR) is 93.2 cm³/mol. The maximum atomic E-state index is 6.08. The summed E-state index contributed by atoms with van der Waals surface area (Å²) >= 11 is 2.01. The van der Waals surface area contributed by atoms with E-state index in [4.69, 9.17) is 9.31 Å². The van der Waals surface area contributed by atoms with E-state index in [1.165, 1.54) is 24.2 Å². The maximum Gasteiger partial charge on any atom is 0.494 e. The Kier molecular flexibility index (Phi) is 5.45. The Hall–Kier alpha value is -0.445. The molecule has 0 aromatic heterocycles. The van der Waals surface area contributed by atoms with E-state index < -0.39 is 0 Å². The van der Waals surface area contributed by atoms with E-state index in [1.807, 2.05) is 11.8 Å². The Balaban J connectivity index is 1.94. The summed E-state index contributed by atoms with van der Waals surface area (Å²) in [5, 5.41) is 0. The van der Waals surface area contributed by atoms with Crippen LogP contribution in [0.3, 0.4) is 0 Å². The first kappa shape index (κ1) is 16.9. The van der Waals surface area contributed by atoms with E-state index in [-0.39, 0.29) is 18.3 Å². The molecule has 1 fully saturated rings. The zero-order chi connectivity index (χ0) is 15.5. The van der Waals surface area contributed by atoms with Crippen LogP contribution in [0, 0.1) is 0 Å². The SMILES string of the molecule is CCCCSCc1ccc(B2OC(C)(C)C(C)(C)O2)cc1. The van der Waals surface area contributed by atoms with Crippen molar-refractivity contribution >= 4 is 24.3 Å². The third-order valence-corrected chi connectivity index (χ3v) is 5.53. The second-order valence-corrected chi connectivity index (χ2v) is 7.84. The number of hydrogen-bond donors (Lipinski definition) is 0. The number of thioether (sulfide) groups is 1. The molecule has 2 rings (SSSR count). The molecule has 0 unspecified atom stereocenters. The number of hydrogen-bond acceptors (Lipinski definition) is 3. The molecule has 0 amide bonds. The molecule has 1 aromatic carbocycles. The van der Waals surface area contributed by atoms with Gasteiger partial charge in [0.15, 0.2) is 0 Å². The van der Waals surface area contributed by atoms with Gasteiger partial charge >= 0.3 is 7.12 Å². The van der Waals surface area contributed by atoms with Crippen molar-refractivity contribution in [3.63, 3.8) is 0 Å². The van der Waals surface area contributed by atoms with Crippen LogP contribution < -0.4 is 5.46 Å². The van der Waals surface area contributed by atoms with Crippen LogP contribution in [0.15, 0.2) is 24.3 Å². The largest absolute Gasteiger partial charge is 0.494 e. The summed E-state index contributed by atoms with van der Waals surface area (Å²) in [4.78, 5) is 0. The quantitative estimate of drug-likeness (QED) is 0.584. The Morgan fingerprint density at radius 1 is 1.00 bits per heavy atom. The smallest absolute Gasteiger partial charge is 0.399 e. The molecule has 1 saturated heterocycles. The molecule has 116 valence electrons. The van der Waals surface area contributed by atoms with Crippen LogP contribution in [-0.2, 0) is 15.1 Å². The van der Waals surface area contributed by atoms with Crippen LogP contribution in [0.1, 0.15) is 53.0 Å². The summed E-state index contributed by atoms with van der Waals surface area (Å²) in [7, 11) is -0.253. The minimum Gasteiger partial charge on any atom is -0.399 e. The van der Waals surface area contributed by atoms with E-state index >= 15 is 0 Å². The molecule has 1 aliphatic heterocycles. The minimum absolute atomic E-state index is 0.253. The number of rotatable bonds is 6. The Morgan fingerprint density at radius 2 is 1.57 bits per heavy atom. The van der Waals surface area contributed by atoms with Gasteiger partial charge in [0.2, 0.25) is 0 Å². The van der Waals surface area contributed by atoms with Crippen LogP contribution in [0.4, 0.5) is 0 Å². The summed E-state index contributed by atoms with van der Waals surface area (Å²) in [6, 6.07) is 8.66. The van der Waals surface area contributed by atoms with Crippen molar-refractivity contribution in [2.45, 2.75) is 64.4 Å².